The van der Waals surface area contributed by atoms with E-state index < -0.39 is 16.3 Å². The summed E-state index contributed by atoms with van der Waals surface area (Å²) in [4.78, 5) is 12.0. The van der Waals surface area contributed by atoms with E-state index in [-0.39, 0.29) is 18.0 Å². The number of nitrogens with two attached hydrogens (primary N) is 1. The highest BCUT2D eigenvalue weighted by molar-refractivity contribution is 7.86. The highest BCUT2D eigenvalue weighted by Gasteiger charge is 2.15. The molecule has 130 valence electrons. The van der Waals surface area contributed by atoms with Gasteiger partial charge in [0.25, 0.3) is 10.1 Å². The lowest BCUT2D eigenvalue weighted by Crippen LogP contribution is -2.45. The molecule has 0 aliphatic heterocycles. The van der Waals surface area contributed by atoms with Gasteiger partial charge in [-0.2, -0.15) is 8.42 Å². The third-order valence-electron chi connectivity index (χ3n) is 3.59. The number of nitrogens with zero attached hydrogens (tertiary/aromatic N) is 1. The van der Waals surface area contributed by atoms with Gasteiger partial charge in [0, 0.05) is 29.5 Å². The molecule has 24 heavy (non-hydrogen) atoms. The molecule has 2 aromatic carbocycles. The Morgan fingerprint density at radius 1 is 1.21 bits per heavy atom. The molecule has 0 fully saturated rings. The Hall–Kier alpha value is -2.20. The second-order valence-corrected chi connectivity index (χ2v) is 6.54. The first-order valence-electron chi connectivity index (χ1n) is 7.19. The minimum atomic E-state index is -4.33. The van der Waals surface area contributed by atoms with E-state index >= 15 is 0 Å². The number of rotatable bonds is 8. The summed E-state index contributed by atoms with van der Waals surface area (Å²) in [6, 6.07) is 9.61. The predicted octanol–water partition coefficient (Wildman–Crippen LogP) is 0.234. The fourth-order valence-corrected chi connectivity index (χ4v) is 3.09. The van der Waals surface area contributed by atoms with E-state index in [9.17, 15) is 17.8 Å². The molecule has 0 aliphatic carbocycles. The number of amides is 1. The molecular weight excluding hydrogens is 334 g/mol. The summed E-state index contributed by atoms with van der Waals surface area (Å²) in [7, 11) is -4.33. The third-order valence-corrected chi connectivity index (χ3v) is 4.51. The lowest BCUT2D eigenvalue weighted by atomic mass is 10.1. The first-order chi connectivity index (χ1) is 11.4. The topological polar surface area (TPSA) is 133 Å². The number of benzene rings is 2. The van der Waals surface area contributed by atoms with Crippen molar-refractivity contribution < 1.29 is 22.9 Å². The van der Waals surface area contributed by atoms with Gasteiger partial charge in [-0.25, -0.2) is 0 Å². The van der Waals surface area contributed by atoms with Crippen molar-refractivity contribution in [2.45, 2.75) is 11.1 Å². The molecule has 1 atom stereocenters. The van der Waals surface area contributed by atoms with Crippen molar-refractivity contribution in [2.75, 3.05) is 25.0 Å². The zero-order valence-electron chi connectivity index (χ0n) is 12.8. The summed E-state index contributed by atoms with van der Waals surface area (Å²) >= 11 is 0. The molecule has 0 heterocycles. The summed E-state index contributed by atoms with van der Waals surface area (Å²) in [5, 5.41) is 13.1. The smallest absolute Gasteiger partial charge is 0.295 e. The Kier molecular flexibility index (Phi) is 5.73. The molecular formula is C15H19N3O5S. The van der Waals surface area contributed by atoms with Crippen molar-refractivity contribution in [1.29, 1.82) is 0 Å². The number of carbonyl (C=O) groups is 1. The Morgan fingerprint density at radius 2 is 1.88 bits per heavy atom. The zero-order chi connectivity index (χ0) is 17.7. The van der Waals surface area contributed by atoms with Crippen LogP contribution in [0, 0.1) is 0 Å². The molecule has 0 aromatic heterocycles. The molecule has 0 saturated heterocycles. The Bertz CT molecular complexity index is 825. The van der Waals surface area contributed by atoms with Crippen molar-refractivity contribution in [3.05, 3.63) is 36.4 Å². The van der Waals surface area contributed by atoms with Gasteiger partial charge in [0.05, 0.1) is 6.61 Å². The predicted molar refractivity (Wildman–Crippen MR) is 90.1 cm³/mol. The summed E-state index contributed by atoms with van der Waals surface area (Å²) < 4.78 is 32.2. The second kappa shape index (κ2) is 7.58. The van der Waals surface area contributed by atoms with Gasteiger partial charge >= 0.3 is 0 Å². The largest absolute Gasteiger partial charge is 0.393 e. The van der Waals surface area contributed by atoms with Gasteiger partial charge in [-0.3, -0.25) is 9.35 Å². The average molecular weight is 353 g/mol. The second-order valence-electron chi connectivity index (χ2n) is 5.15. The molecule has 2 rings (SSSR count). The Labute approximate surface area is 139 Å². The molecule has 0 spiro atoms. The van der Waals surface area contributed by atoms with Crippen LogP contribution in [0.2, 0.25) is 0 Å². The lowest BCUT2D eigenvalue weighted by molar-refractivity contribution is -0.120. The first kappa shape index (κ1) is 18.1. The molecule has 0 radical (unpaired) electrons. The highest BCUT2D eigenvalue weighted by atomic mass is 32.2. The number of hydrogen-bond acceptors (Lipinski definition) is 6. The zero-order valence-corrected chi connectivity index (χ0v) is 13.6. The van der Waals surface area contributed by atoms with Gasteiger partial charge in [-0.05, 0) is 12.1 Å². The van der Waals surface area contributed by atoms with Crippen LogP contribution in [-0.4, -0.2) is 55.2 Å². The lowest BCUT2D eigenvalue weighted by Gasteiger charge is -2.23. The standard InChI is InChI=1S/C15H19N3O5S/c16-15(9-19)18(10-20)8-7-17-13-5-1-4-12-11(13)3-2-6-14(12)24(21,22)23/h1-6,10,15,17,19H,7-9,16H2,(H,21,22,23). The van der Waals surface area contributed by atoms with E-state index in [1.807, 2.05) is 0 Å². The van der Waals surface area contributed by atoms with E-state index in [1.165, 1.54) is 17.0 Å². The third kappa shape index (κ3) is 4.01. The molecule has 5 N–H and O–H groups in total. The van der Waals surface area contributed by atoms with Gasteiger partial charge in [0.2, 0.25) is 6.41 Å². The maximum Gasteiger partial charge on any atom is 0.295 e. The average Bonchev–Trinajstić information content (AvgIpc) is 2.56. The number of hydrogen-bond donors (Lipinski definition) is 4. The molecule has 8 nitrogen and oxygen atoms in total. The number of fused-ring (bicyclic) bond motifs is 1. The quantitative estimate of drug-likeness (QED) is 0.303. The van der Waals surface area contributed by atoms with Gasteiger partial charge in [-0.15, -0.1) is 0 Å². The monoisotopic (exact) mass is 353 g/mol. The van der Waals surface area contributed by atoms with E-state index in [1.54, 1.807) is 24.3 Å². The van der Waals surface area contributed by atoms with Crippen molar-refractivity contribution in [3.63, 3.8) is 0 Å². The normalized spacial score (nSPS) is 12.8. The number of aliphatic hydroxyl groups excluding tert-OH is 1. The van der Waals surface area contributed by atoms with E-state index in [2.05, 4.69) is 5.32 Å². The molecule has 9 heteroatoms. The van der Waals surface area contributed by atoms with Gasteiger partial charge in [0.1, 0.15) is 11.1 Å². The SMILES string of the molecule is NC(CO)N(C=O)CCNc1cccc2c(S(=O)(=O)O)cccc12. The minimum absolute atomic E-state index is 0.166. The number of nitrogens with one attached hydrogen (secondary N) is 1. The minimum Gasteiger partial charge on any atom is -0.393 e. The van der Waals surface area contributed by atoms with Crippen LogP contribution < -0.4 is 11.1 Å². The van der Waals surface area contributed by atoms with Gasteiger partial charge in [0.15, 0.2) is 0 Å². The summed E-state index contributed by atoms with van der Waals surface area (Å²) in [6.07, 6.45) is -0.217. The van der Waals surface area contributed by atoms with Crippen molar-refractivity contribution >= 4 is 33.0 Å². The molecule has 1 amide bonds. The summed E-state index contributed by atoms with van der Waals surface area (Å²) in [6.45, 7) is 0.270. The van der Waals surface area contributed by atoms with Crippen molar-refractivity contribution in [1.82, 2.24) is 4.90 Å². The number of carbonyl (C=O) groups excluding carboxylic acids is 1. The van der Waals surface area contributed by atoms with Crippen LogP contribution in [0.3, 0.4) is 0 Å². The fourth-order valence-electron chi connectivity index (χ4n) is 2.38. The molecule has 1 unspecified atom stereocenters. The highest BCUT2D eigenvalue weighted by Crippen LogP contribution is 2.28. The van der Waals surface area contributed by atoms with E-state index in [0.29, 0.717) is 29.4 Å². The van der Waals surface area contributed by atoms with E-state index in [4.69, 9.17) is 10.8 Å². The van der Waals surface area contributed by atoms with Crippen LogP contribution in [0.1, 0.15) is 0 Å². The molecule has 0 saturated carbocycles. The van der Waals surface area contributed by atoms with Crippen LogP contribution in [-0.2, 0) is 14.9 Å². The fraction of sp³-hybridized carbons (Fsp3) is 0.267. The van der Waals surface area contributed by atoms with Crippen LogP contribution in [0.15, 0.2) is 41.3 Å². The van der Waals surface area contributed by atoms with Gasteiger partial charge in [-0.1, -0.05) is 24.3 Å². The summed E-state index contributed by atoms with van der Waals surface area (Å²) in [5.41, 5.74) is 6.24. The van der Waals surface area contributed by atoms with Crippen LogP contribution in [0.5, 0.6) is 0 Å². The van der Waals surface area contributed by atoms with Crippen LogP contribution in [0.4, 0.5) is 5.69 Å². The van der Waals surface area contributed by atoms with E-state index in [0.717, 1.165) is 0 Å². The summed E-state index contributed by atoms with van der Waals surface area (Å²) in [5.74, 6) is 0. The maximum atomic E-state index is 11.5. The van der Waals surface area contributed by atoms with Crippen LogP contribution in [0.25, 0.3) is 10.8 Å². The Morgan fingerprint density at radius 3 is 2.50 bits per heavy atom. The molecule has 2 aromatic rings. The van der Waals surface area contributed by atoms with Crippen molar-refractivity contribution in [2.24, 2.45) is 5.73 Å². The first-order valence-corrected chi connectivity index (χ1v) is 8.63. The maximum absolute atomic E-state index is 11.5. The number of anilines is 1. The Balaban J connectivity index is 2.23. The van der Waals surface area contributed by atoms with Gasteiger partial charge < -0.3 is 21.1 Å². The molecule has 0 bridgehead atoms. The molecule has 0 aliphatic rings. The van der Waals surface area contributed by atoms with Crippen molar-refractivity contribution in [3.8, 4) is 0 Å². The number of aliphatic hydroxyl groups is 1. The van der Waals surface area contributed by atoms with Crippen LogP contribution >= 0.6 is 0 Å².